The van der Waals surface area contributed by atoms with Gasteiger partial charge in [-0.3, -0.25) is 0 Å². The van der Waals surface area contributed by atoms with Gasteiger partial charge in [0.1, 0.15) is 11.2 Å². The van der Waals surface area contributed by atoms with E-state index < -0.39 is 0 Å². The Labute approximate surface area is 363 Å². The summed E-state index contributed by atoms with van der Waals surface area (Å²) in [6, 6.07) is 77.9. The van der Waals surface area contributed by atoms with Crippen molar-refractivity contribution in [3.63, 3.8) is 0 Å². The number of benzene rings is 11. The molecule has 13 aromatic rings. The number of fused-ring (bicyclic) bond motifs is 12. The van der Waals surface area contributed by atoms with Gasteiger partial charge in [0.05, 0.1) is 11.4 Å². The van der Waals surface area contributed by atoms with E-state index in [9.17, 15) is 0 Å². The third-order valence-electron chi connectivity index (χ3n) is 12.9. The molecule has 0 spiro atoms. The van der Waals surface area contributed by atoms with Crippen LogP contribution in [0, 0.1) is 0 Å². The Morgan fingerprint density at radius 2 is 0.794 bits per heavy atom. The lowest BCUT2D eigenvalue weighted by molar-refractivity contribution is 0.673. The van der Waals surface area contributed by atoms with Crippen molar-refractivity contribution in [2.24, 2.45) is 0 Å². The van der Waals surface area contributed by atoms with E-state index in [1.807, 2.05) is 0 Å². The van der Waals surface area contributed by atoms with Crippen LogP contribution in [0.2, 0.25) is 0 Å². The fourth-order valence-corrected chi connectivity index (χ4v) is 9.89. The number of rotatable bonds is 5. The summed E-state index contributed by atoms with van der Waals surface area (Å²) >= 11 is 0. The van der Waals surface area contributed by atoms with Crippen LogP contribution in [0.25, 0.3) is 132 Å². The van der Waals surface area contributed by atoms with Gasteiger partial charge < -0.3 is 4.42 Å². The van der Waals surface area contributed by atoms with Crippen LogP contribution >= 0.6 is 0 Å². The molecule has 0 amide bonds. The summed E-state index contributed by atoms with van der Waals surface area (Å²) in [6.45, 7) is 0. The van der Waals surface area contributed by atoms with E-state index in [1.54, 1.807) is 0 Å². The van der Waals surface area contributed by atoms with Gasteiger partial charge >= 0.3 is 0 Å². The number of hydrogen-bond donors (Lipinski definition) is 0. The Kier molecular flexibility index (Phi) is 7.91. The van der Waals surface area contributed by atoms with Crippen LogP contribution in [0.15, 0.2) is 223 Å². The number of hydrogen-bond acceptors (Lipinski definition) is 3. The zero-order chi connectivity index (χ0) is 41.4. The molecule has 292 valence electrons. The molecule has 0 saturated heterocycles. The smallest absolute Gasteiger partial charge is 0.161 e. The topological polar surface area (TPSA) is 38.9 Å². The summed E-state index contributed by atoms with van der Waals surface area (Å²) < 4.78 is 7.15. The quantitative estimate of drug-likeness (QED) is 0.163. The van der Waals surface area contributed by atoms with E-state index in [0.717, 1.165) is 87.9 Å². The predicted molar refractivity (Wildman–Crippen MR) is 264 cm³/mol. The highest BCUT2D eigenvalue weighted by Crippen LogP contribution is 2.47. The van der Waals surface area contributed by atoms with Gasteiger partial charge in [0.15, 0.2) is 5.82 Å². The van der Waals surface area contributed by atoms with Gasteiger partial charge in [-0.05, 0) is 101 Å². The fraction of sp³-hybridized carbons (Fsp3) is 0. The lowest BCUT2D eigenvalue weighted by Crippen LogP contribution is -1.98. The largest absolute Gasteiger partial charge is 0.455 e. The Bertz CT molecular complexity index is 3950. The van der Waals surface area contributed by atoms with Crippen molar-refractivity contribution >= 4 is 75.8 Å². The SMILES string of the molecule is c1ccc(-c2ccc(-c3cc(-c4cc5c6ccccc6c6ccccc6c5c5oc6cc7ccccc7cc6c45)nc(-c4ccc(-c5ccccc5)c5ccccc45)n3)cc2)cc1. The van der Waals surface area contributed by atoms with Crippen LogP contribution in [0.5, 0.6) is 0 Å². The lowest BCUT2D eigenvalue weighted by Gasteiger charge is -2.16. The third-order valence-corrected chi connectivity index (χ3v) is 12.9. The van der Waals surface area contributed by atoms with Crippen LogP contribution in [0.3, 0.4) is 0 Å². The van der Waals surface area contributed by atoms with Gasteiger partial charge in [-0.15, -0.1) is 0 Å². The van der Waals surface area contributed by atoms with E-state index in [1.165, 1.54) is 38.2 Å². The second-order valence-corrected chi connectivity index (χ2v) is 16.4. The van der Waals surface area contributed by atoms with Gasteiger partial charge in [0, 0.05) is 32.8 Å². The Hall–Kier alpha value is -8.40. The van der Waals surface area contributed by atoms with Crippen molar-refractivity contribution in [3.8, 4) is 56.2 Å². The van der Waals surface area contributed by atoms with Crippen molar-refractivity contribution in [1.29, 1.82) is 0 Å². The molecule has 63 heavy (non-hydrogen) atoms. The maximum atomic E-state index is 7.15. The summed E-state index contributed by atoms with van der Waals surface area (Å²) in [5.74, 6) is 0.667. The third kappa shape index (κ3) is 5.67. The van der Waals surface area contributed by atoms with Gasteiger partial charge in [0.2, 0.25) is 0 Å². The predicted octanol–water partition coefficient (Wildman–Crippen LogP) is 16.5. The molecular formula is C60H36N2O. The van der Waals surface area contributed by atoms with E-state index in [4.69, 9.17) is 14.4 Å². The first-order valence-electron chi connectivity index (χ1n) is 21.5. The molecule has 0 fully saturated rings. The van der Waals surface area contributed by atoms with Gasteiger partial charge in [-0.2, -0.15) is 0 Å². The van der Waals surface area contributed by atoms with Gasteiger partial charge in [-0.1, -0.05) is 188 Å². The molecule has 0 aliphatic heterocycles. The summed E-state index contributed by atoms with van der Waals surface area (Å²) in [6.07, 6.45) is 0. The molecule has 0 unspecified atom stereocenters. The molecular weight excluding hydrogens is 765 g/mol. The molecule has 0 radical (unpaired) electrons. The van der Waals surface area contributed by atoms with E-state index in [0.29, 0.717) is 5.82 Å². The van der Waals surface area contributed by atoms with Crippen molar-refractivity contribution in [1.82, 2.24) is 9.97 Å². The Morgan fingerprint density at radius 3 is 1.51 bits per heavy atom. The standard InChI is InChI=1S/C60H36N2O/c1-3-15-37(16-4-1)38-27-29-40(30-28-38)54-36-55(62-60(61-54)50-32-31-43(39-17-5-2-6-18-39)44-21-9-11-24-47(44)50)52-35-51-48-25-12-10-22-45(48)46-23-13-14-26-49(46)57(51)59-58(52)53-33-41-19-7-8-20-42(41)34-56(53)63-59/h1-36H. The molecule has 0 aliphatic rings. The number of furan rings is 1. The number of aromatic nitrogens is 2. The molecule has 0 N–H and O–H groups in total. The average molecular weight is 801 g/mol. The van der Waals surface area contributed by atoms with Crippen LogP contribution in [0.1, 0.15) is 0 Å². The molecule has 3 heteroatoms. The van der Waals surface area contributed by atoms with Crippen LogP contribution in [0.4, 0.5) is 0 Å². The highest BCUT2D eigenvalue weighted by molar-refractivity contribution is 6.34. The maximum absolute atomic E-state index is 7.15. The molecule has 0 aliphatic carbocycles. The van der Waals surface area contributed by atoms with E-state index >= 15 is 0 Å². The lowest BCUT2D eigenvalue weighted by atomic mass is 9.90. The van der Waals surface area contributed by atoms with E-state index in [2.05, 4.69) is 218 Å². The maximum Gasteiger partial charge on any atom is 0.161 e. The summed E-state index contributed by atoms with van der Waals surface area (Å²) in [7, 11) is 0. The zero-order valence-corrected chi connectivity index (χ0v) is 34.1. The fourth-order valence-electron chi connectivity index (χ4n) is 9.89. The molecule has 11 aromatic carbocycles. The molecule has 0 atom stereocenters. The first kappa shape index (κ1) is 35.4. The van der Waals surface area contributed by atoms with Crippen molar-refractivity contribution < 1.29 is 4.42 Å². The first-order valence-corrected chi connectivity index (χ1v) is 21.5. The van der Waals surface area contributed by atoms with Crippen LogP contribution in [-0.4, -0.2) is 9.97 Å². The molecule has 0 saturated carbocycles. The van der Waals surface area contributed by atoms with Crippen LogP contribution < -0.4 is 0 Å². The minimum absolute atomic E-state index is 0.667. The molecule has 3 nitrogen and oxygen atoms in total. The van der Waals surface area contributed by atoms with Crippen LogP contribution in [-0.2, 0) is 0 Å². The monoisotopic (exact) mass is 800 g/mol. The normalized spacial score (nSPS) is 11.8. The first-order chi connectivity index (χ1) is 31.2. The Morgan fingerprint density at radius 1 is 0.286 bits per heavy atom. The second kappa shape index (κ2) is 14.1. The van der Waals surface area contributed by atoms with Crippen molar-refractivity contribution in [3.05, 3.63) is 218 Å². The molecule has 13 rings (SSSR count). The second-order valence-electron chi connectivity index (χ2n) is 16.4. The van der Waals surface area contributed by atoms with Crippen molar-refractivity contribution in [2.75, 3.05) is 0 Å². The highest BCUT2D eigenvalue weighted by Gasteiger charge is 2.23. The number of nitrogens with zero attached hydrogens (tertiary/aromatic N) is 2. The molecule has 0 bridgehead atoms. The Balaban J connectivity index is 1.14. The summed E-state index contributed by atoms with van der Waals surface area (Å²) in [4.78, 5) is 11.1. The van der Waals surface area contributed by atoms with E-state index in [-0.39, 0.29) is 0 Å². The summed E-state index contributed by atoms with van der Waals surface area (Å²) in [5.41, 5.74) is 11.1. The molecule has 2 heterocycles. The minimum atomic E-state index is 0.667. The minimum Gasteiger partial charge on any atom is -0.455 e. The van der Waals surface area contributed by atoms with Gasteiger partial charge in [0.25, 0.3) is 0 Å². The zero-order valence-electron chi connectivity index (χ0n) is 34.1. The highest BCUT2D eigenvalue weighted by atomic mass is 16.3. The molecule has 2 aromatic heterocycles. The average Bonchev–Trinajstić information content (AvgIpc) is 3.73. The summed E-state index contributed by atoms with van der Waals surface area (Å²) in [5, 5.41) is 13.7. The van der Waals surface area contributed by atoms with Crippen molar-refractivity contribution in [2.45, 2.75) is 0 Å². The van der Waals surface area contributed by atoms with Gasteiger partial charge in [-0.25, -0.2) is 9.97 Å².